The van der Waals surface area contributed by atoms with Gasteiger partial charge in [0.25, 0.3) is 0 Å². The molecule has 0 rings (SSSR count). The van der Waals surface area contributed by atoms with Gasteiger partial charge in [-0.3, -0.25) is 16.0 Å². The lowest BCUT2D eigenvalue weighted by Crippen LogP contribution is -2.35. The molecule has 0 aliphatic rings. The van der Waals surface area contributed by atoms with Crippen molar-refractivity contribution in [2.75, 3.05) is 20.2 Å². The van der Waals surface area contributed by atoms with Gasteiger partial charge in [0.1, 0.15) is 0 Å². The van der Waals surface area contributed by atoms with Gasteiger partial charge >= 0.3 is 5.96 Å². The Labute approximate surface area is 48.4 Å². The van der Waals surface area contributed by atoms with Crippen molar-refractivity contribution in [3.05, 3.63) is 0 Å². The smallest absolute Gasteiger partial charge is 0.340 e. The second-order valence-corrected chi connectivity index (χ2v) is 1.57. The van der Waals surface area contributed by atoms with E-state index < -0.39 is 0 Å². The summed E-state index contributed by atoms with van der Waals surface area (Å²) in [5, 5.41) is 8.32. The molecule has 0 aromatic heterocycles. The molecule has 0 bridgehead atoms. The number of guanidine groups is 1. The fraction of sp³-hybridized carbons (Fsp3) is 0.750. The third-order valence-corrected chi connectivity index (χ3v) is 0.876. The minimum absolute atomic E-state index is 0.0778. The highest BCUT2D eigenvalue weighted by molar-refractivity contribution is 5.70. The molecule has 0 atom stereocenters. The van der Waals surface area contributed by atoms with E-state index in [1.165, 1.54) is 0 Å². The predicted octanol–water partition coefficient (Wildman–Crippen LogP) is -2.11. The number of nitrogens with two attached hydrogens (primary N) is 2. The summed E-state index contributed by atoms with van der Waals surface area (Å²) in [5.74, 6) is 0.235. The van der Waals surface area contributed by atoms with Crippen LogP contribution < -0.4 is 11.5 Å². The van der Waals surface area contributed by atoms with E-state index in [1.54, 1.807) is 11.6 Å². The van der Waals surface area contributed by atoms with Crippen LogP contribution in [-0.4, -0.2) is 35.8 Å². The summed E-state index contributed by atoms with van der Waals surface area (Å²) in [6.07, 6.45) is 0. The second-order valence-electron chi connectivity index (χ2n) is 1.57. The van der Waals surface area contributed by atoms with Crippen LogP contribution in [-0.2, 0) is 0 Å². The highest BCUT2D eigenvalue weighted by Gasteiger charge is 1.92. The van der Waals surface area contributed by atoms with Crippen LogP contribution in [0.3, 0.4) is 0 Å². The Bertz CT molecular complexity index is 95.5. The summed E-state index contributed by atoms with van der Waals surface area (Å²) in [7, 11) is 1.71. The maximum absolute atomic E-state index is 8.32. The fourth-order valence-electron chi connectivity index (χ4n) is 0.279. The van der Waals surface area contributed by atoms with Gasteiger partial charge in [0, 0.05) is 0 Å². The Hall–Kier alpha value is -0.770. The molecule has 0 heterocycles. The van der Waals surface area contributed by atoms with Crippen molar-refractivity contribution in [1.29, 1.82) is 0 Å². The lowest BCUT2D eigenvalue weighted by atomic mass is 10.7. The second kappa shape index (κ2) is 3.26. The van der Waals surface area contributed by atoms with Gasteiger partial charge < -0.3 is 5.11 Å². The first-order valence-corrected chi connectivity index (χ1v) is 2.38. The maximum Gasteiger partial charge on any atom is 0.340 e. The highest BCUT2D eigenvalue weighted by atomic mass is 16.3. The third kappa shape index (κ3) is 2.41. The number of likely N-dealkylation sites (N-methyl/N-ethyl adjacent to an activating group) is 1. The maximum atomic E-state index is 8.32. The molecule has 5 N–H and O–H groups in total. The van der Waals surface area contributed by atoms with Crippen LogP contribution in [0.15, 0.2) is 0 Å². The van der Waals surface area contributed by atoms with Crippen LogP contribution in [0.2, 0.25) is 0 Å². The van der Waals surface area contributed by atoms with Crippen LogP contribution >= 0.6 is 0 Å². The quantitative estimate of drug-likeness (QED) is 0.221. The van der Waals surface area contributed by atoms with Crippen molar-refractivity contribution < 1.29 is 9.68 Å². The molecule has 0 amide bonds. The Morgan fingerprint density at radius 2 is 2.12 bits per heavy atom. The first kappa shape index (κ1) is 7.23. The van der Waals surface area contributed by atoms with Gasteiger partial charge in [0.05, 0.1) is 20.2 Å². The van der Waals surface area contributed by atoms with Crippen molar-refractivity contribution in [2.24, 2.45) is 11.5 Å². The van der Waals surface area contributed by atoms with Crippen molar-refractivity contribution in [3.8, 4) is 0 Å². The Kier molecular flexibility index (Phi) is 2.95. The van der Waals surface area contributed by atoms with Crippen LogP contribution in [0.5, 0.6) is 0 Å². The molecule has 0 aromatic rings. The van der Waals surface area contributed by atoms with Crippen LogP contribution in [0, 0.1) is 0 Å². The molecule has 0 radical (unpaired) electrons. The van der Waals surface area contributed by atoms with Crippen LogP contribution in [0.25, 0.3) is 0 Å². The molecule has 0 unspecified atom stereocenters. The van der Waals surface area contributed by atoms with Gasteiger partial charge in [-0.15, -0.1) is 0 Å². The molecule has 0 saturated heterocycles. The van der Waals surface area contributed by atoms with Gasteiger partial charge in [0.15, 0.2) is 0 Å². The summed E-state index contributed by atoms with van der Waals surface area (Å²) in [4.78, 5) is 0. The van der Waals surface area contributed by atoms with E-state index in [1.807, 2.05) is 0 Å². The Balaban J connectivity index is 3.62. The van der Waals surface area contributed by atoms with E-state index in [0.29, 0.717) is 6.54 Å². The zero-order valence-electron chi connectivity index (χ0n) is 4.96. The molecule has 8 heavy (non-hydrogen) atoms. The SMILES string of the molecule is C[N+](CCO)=C(N)N. The van der Waals surface area contributed by atoms with Crippen molar-refractivity contribution in [2.45, 2.75) is 0 Å². The number of hydrogen-bond donors (Lipinski definition) is 3. The van der Waals surface area contributed by atoms with E-state index in [4.69, 9.17) is 16.6 Å². The van der Waals surface area contributed by atoms with E-state index in [9.17, 15) is 0 Å². The standard InChI is InChI=1S/C4H11N3O/c1-7(2-3-8)4(5)6/h8H,2-3H2,1H3,(H3,5,6)/p+1. The van der Waals surface area contributed by atoms with Gasteiger partial charge in [-0.25, -0.2) is 0 Å². The number of aliphatic hydroxyl groups is 1. The molecule has 0 aliphatic heterocycles. The van der Waals surface area contributed by atoms with Crippen LogP contribution in [0.4, 0.5) is 0 Å². The average molecular weight is 118 g/mol. The van der Waals surface area contributed by atoms with Crippen molar-refractivity contribution >= 4 is 5.96 Å². The molecular weight excluding hydrogens is 106 g/mol. The molecule has 4 nitrogen and oxygen atoms in total. The van der Waals surface area contributed by atoms with Gasteiger partial charge in [-0.2, -0.15) is 0 Å². The lowest BCUT2D eigenvalue weighted by Gasteiger charge is -1.96. The van der Waals surface area contributed by atoms with E-state index in [0.717, 1.165) is 0 Å². The topological polar surface area (TPSA) is 75.3 Å². The van der Waals surface area contributed by atoms with E-state index >= 15 is 0 Å². The molecular formula is C4H12N3O+. The molecule has 4 heteroatoms. The Morgan fingerprint density at radius 3 is 2.25 bits per heavy atom. The minimum atomic E-state index is 0.0778. The molecule has 0 spiro atoms. The number of rotatable bonds is 2. The summed E-state index contributed by atoms with van der Waals surface area (Å²) >= 11 is 0. The first-order valence-electron chi connectivity index (χ1n) is 2.38. The predicted molar refractivity (Wildman–Crippen MR) is 31.5 cm³/mol. The molecule has 0 aliphatic carbocycles. The normalized spacial score (nSPS) is 8.75. The van der Waals surface area contributed by atoms with Crippen molar-refractivity contribution in [3.63, 3.8) is 0 Å². The summed E-state index contributed by atoms with van der Waals surface area (Å²) in [6.45, 7) is 0.566. The number of nitrogens with zero attached hydrogens (tertiary/aromatic N) is 1. The molecule has 0 aromatic carbocycles. The Morgan fingerprint density at radius 1 is 1.62 bits per heavy atom. The minimum Gasteiger partial charge on any atom is -0.393 e. The summed E-state index contributed by atoms with van der Waals surface area (Å²) in [5.41, 5.74) is 10.3. The summed E-state index contributed by atoms with van der Waals surface area (Å²) in [6, 6.07) is 0. The fourth-order valence-corrected chi connectivity index (χ4v) is 0.279. The number of hydrogen-bond acceptors (Lipinski definition) is 1. The van der Waals surface area contributed by atoms with Crippen molar-refractivity contribution in [1.82, 2.24) is 0 Å². The monoisotopic (exact) mass is 118 g/mol. The average Bonchev–Trinajstić information content (AvgIpc) is 1.67. The number of aliphatic hydroxyl groups excluding tert-OH is 1. The lowest BCUT2D eigenvalue weighted by molar-refractivity contribution is -0.501. The zero-order chi connectivity index (χ0) is 6.57. The summed E-state index contributed by atoms with van der Waals surface area (Å²) < 4.78 is 1.57. The van der Waals surface area contributed by atoms with E-state index in [2.05, 4.69) is 0 Å². The third-order valence-electron chi connectivity index (χ3n) is 0.876. The zero-order valence-corrected chi connectivity index (χ0v) is 4.96. The molecule has 48 valence electrons. The van der Waals surface area contributed by atoms with Gasteiger partial charge in [-0.05, 0) is 0 Å². The van der Waals surface area contributed by atoms with E-state index in [-0.39, 0.29) is 12.6 Å². The highest BCUT2D eigenvalue weighted by Crippen LogP contribution is 1.62. The largest absolute Gasteiger partial charge is 0.393 e. The first-order chi connectivity index (χ1) is 3.68. The van der Waals surface area contributed by atoms with Gasteiger partial charge in [-0.1, -0.05) is 0 Å². The molecule has 0 saturated carbocycles. The van der Waals surface area contributed by atoms with Crippen LogP contribution in [0.1, 0.15) is 0 Å². The molecule has 0 fully saturated rings. The van der Waals surface area contributed by atoms with Gasteiger partial charge in [0.2, 0.25) is 0 Å².